The van der Waals surface area contributed by atoms with Gasteiger partial charge in [-0.05, 0) is 68.7 Å². The van der Waals surface area contributed by atoms with Gasteiger partial charge in [0.1, 0.15) is 11.6 Å². The first-order valence-electron chi connectivity index (χ1n) is 11.6. The van der Waals surface area contributed by atoms with Crippen molar-refractivity contribution in [3.05, 3.63) is 76.7 Å². The molecule has 0 atom stereocenters. The molecule has 0 bridgehead atoms. The zero-order valence-electron chi connectivity index (χ0n) is 20.4. The van der Waals surface area contributed by atoms with Gasteiger partial charge in [-0.25, -0.2) is 9.07 Å². The topological polar surface area (TPSA) is 78.3 Å². The Kier molecular flexibility index (Phi) is 7.29. The predicted molar refractivity (Wildman–Crippen MR) is 133 cm³/mol. The van der Waals surface area contributed by atoms with Gasteiger partial charge in [0.15, 0.2) is 5.65 Å². The summed E-state index contributed by atoms with van der Waals surface area (Å²) in [6, 6.07) is 13.8. The number of hydrogen-bond acceptors (Lipinski definition) is 5. The van der Waals surface area contributed by atoms with Crippen LogP contribution in [0.1, 0.15) is 35.7 Å². The molecular formula is C27H29FN4O3. The summed E-state index contributed by atoms with van der Waals surface area (Å²) in [5, 5.41) is 8.46. The number of aromatic nitrogens is 3. The summed E-state index contributed by atoms with van der Waals surface area (Å²) >= 11 is 0. The maximum atomic E-state index is 13.9. The van der Waals surface area contributed by atoms with Crippen molar-refractivity contribution in [3.63, 3.8) is 0 Å². The fourth-order valence-electron chi connectivity index (χ4n) is 4.18. The molecule has 4 rings (SSSR count). The Morgan fingerprint density at radius 3 is 2.69 bits per heavy atom. The van der Waals surface area contributed by atoms with Gasteiger partial charge in [0, 0.05) is 23.9 Å². The predicted octanol–water partition coefficient (Wildman–Crippen LogP) is 4.83. The van der Waals surface area contributed by atoms with Crippen LogP contribution < -0.4 is 14.8 Å². The van der Waals surface area contributed by atoms with Gasteiger partial charge in [-0.15, -0.1) is 0 Å². The highest BCUT2D eigenvalue weighted by molar-refractivity contribution is 5.86. The van der Waals surface area contributed by atoms with E-state index in [9.17, 15) is 9.18 Å². The number of rotatable bonds is 9. The molecule has 35 heavy (non-hydrogen) atoms. The number of hydrogen-bond donors (Lipinski definition) is 1. The van der Waals surface area contributed by atoms with Crippen LogP contribution in [0, 0.1) is 19.7 Å². The maximum Gasteiger partial charge on any atom is 0.220 e. The van der Waals surface area contributed by atoms with Crippen LogP contribution in [0.3, 0.4) is 0 Å². The molecule has 0 aliphatic heterocycles. The molecule has 0 radical (unpaired) electrons. The molecule has 0 spiro atoms. The summed E-state index contributed by atoms with van der Waals surface area (Å²) < 4.78 is 26.6. The van der Waals surface area contributed by atoms with Gasteiger partial charge in [0.05, 0.1) is 25.1 Å². The normalized spacial score (nSPS) is 11.0. The molecule has 182 valence electrons. The number of carbonyl (C=O) groups excluding carboxylic acids is 1. The number of nitrogens with one attached hydrogen (secondary N) is 1. The highest BCUT2D eigenvalue weighted by Crippen LogP contribution is 2.32. The average molecular weight is 477 g/mol. The number of aryl methyl sites for hydroxylation is 2. The largest absolute Gasteiger partial charge is 0.497 e. The second-order valence-electron chi connectivity index (χ2n) is 8.26. The molecule has 1 amide bonds. The molecule has 0 unspecified atom stereocenters. The molecule has 0 aliphatic carbocycles. The first-order chi connectivity index (χ1) is 16.9. The van der Waals surface area contributed by atoms with Crippen LogP contribution in [-0.4, -0.2) is 34.4 Å². The van der Waals surface area contributed by atoms with Crippen LogP contribution >= 0.6 is 0 Å². The number of nitrogens with zero attached hydrogens (tertiary/aromatic N) is 3. The molecule has 2 heterocycles. The van der Waals surface area contributed by atoms with E-state index in [1.165, 1.54) is 12.1 Å². The fraction of sp³-hybridized carbons (Fsp3) is 0.296. The van der Waals surface area contributed by atoms with Crippen molar-refractivity contribution in [2.24, 2.45) is 0 Å². The van der Waals surface area contributed by atoms with Gasteiger partial charge in [0.2, 0.25) is 11.8 Å². The number of halogens is 1. The lowest BCUT2D eigenvalue weighted by atomic mass is 10.0. The number of ether oxygens (including phenoxy) is 2. The Bertz CT molecular complexity index is 1370. The van der Waals surface area contributed by atoms with Gasteiger partial charge < -0.3 is 14.8 Å². The van der Waals surface area contributed by atoms with Crippen molar-refractivity contribution in [3.8, 4) is 17.3 Å². The van der Waals surface area contributed by atoms with Crippen molar-refractivity contribution in [1.82, 2.24) is 20.1 Å². The Balaban J connectivity index is 1.58. The van der Waals surface area contributed by atoms with Crippen LogP contribution in [0.15, 0.2) is 48.5 Å². The lowest BCUT2D eigenvalue weighted by Gasteiger charge is -2.14. The summed E-state index contributed by atoms with van der Waals surface area (Å²) in [6.07, 6.45) is 0.758. The molecule has 0 saturated heterocycles. The molecule has 4 aromatic rings. The van der Waals surface area contributed by atoms with Gasteiger partial charge in [-0.3, -0.25) is 4.79 Å². The number of benzene rings is 2. The van der Waals surface area contributed by atoms with Gasteiger partial charge in [-0.2, -0.15) is 10.1 Å². The van der Waals surface area contributed by atoms with Crippen LogP contribution in [0.4, 0.5) is 4.39 Å². The third-order valence-corrected chi connectivity index (χ3v) is 5.89. The molecular weight excluding hydrogens is 447 g/mol. The molecule has 0 aliphatic rings. The van der Waals surface area contributed by atoms with E-state index in [2.05, 4.69) is 10.4 Å². The fourth-order valence-corrected chi connectivity index (χ4v) is 4.18. The number of fused-ring (bicyclic) bond motifs is 1. The number of methoxy groups -OCH3 is 1. The van der Waals surface area contributed by atoms with Crippen molar-refractivity contribution in [2.45, 2.75) is 40.2 Å². The number of amides is 1. The Morgan fingerprint density at radius 1 is 1.14 bits per heavy atom. The summed E-state index contributed by atoms with van der Waals surface area (Å²) in [4.78, 5) is 17.4. The maximum absolute atomic E-state index is 13.9. The van der Waals surface area contributed by atoms with Gasteiger partial charge >= 0.3 is 0 Å². The molecule has 2 aromatic carbocycles. The lowest BCUT2D eigenvalue weighted by Crippen LogP contribution is -2.23. The number of pyridine rings is 1. The van der Waals surface area contributed by atoms with E-state index in [1.807, 2.05) is 45.0 Å². The van der Waals surface area contributed by atoms with E-state index in [-0.39, 0.29) is 18.1 Å². The van der Waals surface area contributed by atoms with E-state index in [1.54, 1.807) is 23.9 Å². The second-order valence-corrected chi connectivity index (χ2v) is 8.26. The summed E-state index contributed by atoms with van der Waals surface area (Å²) in [7, 11) is 1.62. The minimum absolute atomic E-state index is 0.0676. The summed E-state index contributed by atoms with van der Waals surface area (Å²) in [6.45, 7) is 6.63. The first kappa shape index (κ1) is 24.2. The Hall–Kier alpha value is -3.94. The van der Waals surface area contributed by atoms with Gasteiger partial charge in [-0.1, -0.05) is 18.2 Å². The van der Waals surface area contributed by atoms with Crippen molar-refractivity contribution < 1.29 is 18.7 Å². The summed E-state index contributed by atoms with van der Waals surface area (Å²) in [5.41, 5.74) is 4.76. The van der Waals surface area contributed by atoms with E-state index in [4.69, 9.17) is 14.5 Å². The molecule has 7 nitrogen and oxygen atoms in total. The lowest BCUT2D eigenvalue weighted by molar-refractivity contribution is -0.121. The number of carbonyl (C=O) groups is 1. The van der Waals surface area contributed by atoms with Crippen LogP contribution in [0.25, 0.3) is 16.7 Å². The quantitative estimate of drug-likeness (QED) is 0.374. The Morgan fingerprint density at radius 2 is 1.94 bits per heavy atom. The molecule has 1 N–H and O–H groups in total. The average Bonchev–Trinajstić information content (AvgIpc) is 3.19. The third-order valence-electron chi connectivity index (χ3n) is 5.89. The minimum atomic E-state index is -0.345. The van der Waals surface area contributed by atoms with Crippen molar-refractivity contribution >= 4 is 16.9 Å². The van der Waals surface area contributed by atoms with E-state index in [0.717, 1.165) is 33.5 Å². The highest BCUT2D eigenvalue weighted by Gasteiger charge is 2.21. The van der Waals surface area contributed by atoms with Crippen molar-refractivity contribution in [2.75, 3.05) is 13.7 Å². The van der Waals surface area contributed by atoms with E-state index >= 15 is 0 Å². The van der Waals surface area contributed by atoms with Crippen LogP contribution in [-0.2, 0) is 17.8 Å². The first-order valence-corrected chi connectivity index (χ1v) is 11.6. The van der Waals surface area contributed by atoms with Crippen LogP contribution in [0.5, 0.6) is 11.6 Å². The van der Waals surface area contributed by atoms with E-state index in [0.29, 0.717) is 36.8 Å². The third kappa shape index (κ3) is 5.26. The Labute approximate surface area is 203 Å². The highest BCUT2D eigenvalue weighted by atomic mass is 19.1. The van der Waals surface area contributed by atoms with Crippen molar-refractivity contribution in [1.29, 1.82) is 0 Å². The monoisotopic (exact) mass is 476 g/mol. The minimum Gasteiger partial charge on any atom is -0.497 e. The SMILES string of the molecule is CCOc1nc2c(c(C)nn2-c2cccc(F)c2)c(C)c1CCC(=O)NCc1cccc(OC)c1. The summed E-state index contributed by atoms with van der Waals surface area (Å²) in [5.74, 6) is 0.807. The molecule has 2 aromatic heterocycles. The van der Waals surface area contributed by atoms with Gasteiger partial charge in [0.25, 0.3) is 0 Å². The van der Waals surface area contributed by atoms with Crippen LogP contribution in [0.2, 0.25) is 0 Å². The molecule has 0 fully saturated rings. The molecule has 8 heteroatoms. The smallest absolute Gasteiger partial charge is 0.220 e. The zero-order chi connectivity index (χ0) is 24.9. The molecule has 0 saturated carbocycles. The van der Waals surface area contributed by atoms with E-state index < -0.39 is 0 Å². The second kappa shape index (κ2) is 10.5. The standard InChI is InChI=1S/C27H29FN4O3/c1-5-35-27-23(12-13-24(33)29-16-19-8-6-11-22(14-19)34-4)17(2)25-18(3)31-32(26(25)30-27)21-10-7-9-20(28)15-21/h6-11,14-15H,5,12-13,16H2,1-4H3,(H,29,33). The zero-order valence-corrected chi connectivity index (χ0v) is 20.4.